The fourth-order valence-electron chi connectivity index (χ4n) is 2.23. The Morgan fingerprint density at radius 1 is 1.08 bits per heavy atom. The molecule has 0 atom stereocenters. The van der Waals surface area contributed by atoms with E-state index in [1.807, 2.05) is 13.8 Å². The molecule has 0 aliphatic carbocycles. The van der Waals surface area contributed by atoms with E-state index in [1.54, 1.807) is 24.3 Å². The lowest BCUT2D eigenvalue weighted by atomic mass is 10.1. The molecule has 0 saturated heterocycles. The maximum absolute atomic E-state index is 12.4. The van der Waals surface area contributed by atoms with Crippen molar-refractivity contribution in [3.05, 3.63) is 63.7 Å². The zero-order valence-electron chi connectivity index (χ0n) is 14.6. The largest absolute Gasteiger partial charge is 0.497 e. The minimum absolute atomic E-state index is 0.00971. The highest BCUT2D eigenvalue weighted by Crippen LogP contribution is 2.25. The topological polar surface area (TPSA) is 111 Å². The zero-order chi connectivity index (χ0) is 19.3. The molecule has 26 heavy (non-hydrogen) atoms. The predicted molar refractivity (Wildman–Crippen MR) is 96.6 cm³/mol. The highest BCUT2D eigenvalue weighted by molar-refractivity contribution is 6.07. The fraction of sp³-hybridized carbons (Fsp3) is 0.222. The van der Waals surface area contributed by atoms with Gasteiger partial charge in [0.15, 0.2) is 0 Å². The van der Waals surface area contributed by atoms with Crippen LogP contribution >= 0.6 is 0 Å². The molecule has 2 amide bonds. The third kappa shape index (κ3) is 4.56. The molecule has 0 spiro atoms. The minimum atomic E-state index is -0.644. The quantitative estimate of drug-likeness (QED) is 0.610. The fourth-order valence-corrected chi connectivity index (χ4v) is 2.23. The van der Waals surface area contributed by atoms with Crippen molar-refractivity contribution in [3.63, 3.8) is 0 Å². The van der Waals surface area contributed by atoms with Crippen molar-refractivity contribution >= 4 is 23.2 Å². The van der Waals surface area contributed by atoms with Gasteiger partial charge in [0, 0.05) is 23.4 Å². The molecule has 0 radical (unpaired) electrons. The zero-order valence-corrected chi connectivity index (χ0v) is 14.6. The Morgan fingerprint density at radius 3 is 2.27 bits per heavy atom. The summed E-state index contributed by atoms with van der Waals surface area (Å²) < 4.78 is 5.02. The second-order valence-electron chi connectivity index (χ2n) is 5.80. The second kappa shape index (κ2) is 8.11. The van der Waals surface area contributed by atoms with Crippen LogP contribution in [0.4, 0.5) is 11.4 Å². The number of benzene rings is 2. The van der Waals surface area contributed by atoms with E-state index in [0.29, 0.717) is 17.0 Å². The lowest BCUT2D eigenvalue weighted by Crippen LogP contribution is -2.30. The maximum atomic E-state index is 12.4. The minimum Gasteiger partial charge on any atom is -0.497 e. The lowest BCUT2D eigenvalue weighted by molar-refractivity contribution is -0.385. The number of anilines is 1. The number of carbonyl (C=O) groups excluding carboxylic acids is 2. The molecule has 0 bridgehead atoms. The Hall–Kier alpha value is -3.42. The number of hydrogen-bond donors (Lipinski definition) is 2. The van der Waals surface area contributed by atoms with Crippen molar-refractivity contribution in [2.24, 2.45) is 0 Å². The van der Waals surface area contributed by atoms with Crippen molar-refractivity contribution in [1.29, 1.82) is 0 Å². The molecular weight excluding hydrogens is 338 g/mol. The Labute approximate surface area is 150 Å². The van der Waals surface area contributed by atoms with Crippen molar-refractivity contribution in [1.82, 2.24) is 5.32 Å². The smallest absolute Gasteiger partial charge is 0.282 e. The van der Waals surface area contributed by atoms with Crippen LogP contribution in [0.3, 0.4) is 0 Å². The summed E-state index contributed by atoms with van der Waals surface area (Å²) in [5.41, 5.74) is 0.421. The second-order valence-corrected chi connectivity index (χ2v) is 5.80. The van der Waals surface area contributed by atoms with Crippen molar-refractivity contribution in [3.8, 4) is 5.75 Å². The molecule has 8 nitrogen and oxygen atoms in total. The molecule has 0 aliphatic rings. The molecule has 2 aromatic rings. The van der Waals surface area contributed by atoms with Gasteiger partial charge in [-0.3, -0.25) is 19.7 Å². The maximum Gasteiger partial charge on any atom is 0.282 e. The first-order valence-corrected chi connectivity index (χ1v) is 7.86. The van der Waals surface area contributed by atoms with E-state index in [9.17, 15) is 19.7 Å². The van der Waals surface area contributed by atoms with Gasteiger partial charge in [-0.1, -0.05) is 0 Å². The van der Waals surface area contributed by atoms with Gasteiger partial charge in [-0.05, 0) is 50.2 Å². The van der Waals surface area contributed by atoms with E-state index in [1.165, 1.54) is 25.3 Å². The van der Waals surface area contributed by atoms with E-state index >= 15 is 0 Å². The molecule has 136 valence electrons. The van der Waals surface area contributed by atoms with E-state index in [0.717, 1.165) is 0 Å². The van der Waals surface area contributed by atoms with Crippen LogP contribution in [0.25, 0.3) is 0 Å². The number of hydrogen-bond acceptors (Lipinski definition) is 5. The molecule has 2 N–H and O–H groups in total. The molecule has 0 heterocycles. The van der Waals surface area contributed by atoms with Gasteiger partial charge in [0.05, 0.1) is 12.0 Å². The number of rotatable bonds is 6. The average Bonchev–Trinajstić information content (AvgIpc) is 2.61. The summed E-state index contributed by atoms with van der Waals surface area (Å²) in [5, 5.41) is 16.5. The highest BCUT2D eigenvalue weighted by Gasteiger charge is 2.21. The van der Waals surface area contributed by atoms with Gasteiger partial charge in [0.1, 0.15) is 11.3 Å². The van der Waals surface area contributed by atoms with E-state index in [-0.39, 0.29) is 23.2 Å². The van der Waals surface area contributed by atoms with E-state index in [2.05, 4.69) is 10.6 Å². The van der Waals surface area contributed by atoms with E-state index in [4.69, 9.17) is 4.74 Å². The first-order valence-electron chi connectivity index (χ1n) is 7.86. The van der Waals surface area contributed by atoms with Crippen LogP contribution in [0.5, 0.6) is 5.75 Å². The van der Waals surface area contributed by atoms with Crippen LogP contribution < -0.4 is 15.4 Å². The molecule has 0 fully saturated rings. The number of nitro benzene ring substituents is 1. The summed E-state index contributed by atoms with van der Waals surface area (Å²) in [5.74, 6) is -0.530. The number of nitrogens with zero attached hydrogens (tertiary/aromatic N) is 1. The van der Waals surface area contributed by atoms with Crippen molar-refractivity contribution < 1.29 is 19.2 Å². The Balaban J connectivity index is 2.20. The molecule has 2 aromatic carbocycles. The summed E-state index contributed by atoms with van der Waals surface area (Å²) in [4.78, 5) is 34.8. The number of methoxy groups -OCH3 is 1. The van der Waals surface area contributed by atoms with Gasteiger partial charge in [-0.2, -0.15) is 0 Å². The van der Waals surface area contributed by atoms with Crippen molar-refractivity contribution in [2.75, 3.05) is 12.4 Å². The van der Waals surface area contributed by atoms with Crippen LogP contribution in [-0.4, -0.2) is 29.9 Å². The van der Waals surface area contributed by atoms with Crippen LogP contribution in [0, 0.1) is 10.1 Å². The lowest BCUT2D eigenvalue weighted by Gasteiger charge is -2.10. The summed E-state index contributed by atoms with van der Waals surface area (Å²) in [6.07, 6.45) is 0. The predicted octanol–water partition coefficient (Wildman–Crippen LogP) is 2.99. The van der Waals surface area contributed by atoms with Gasteiger partial charge in [0.2, 0.25) is 0 Å². The summed E-state index contributed by atoms with van der Waals surface area (Å²) in [7, 11) is 1.41. The third-order valence-electron chi connectivity index (χ3n) is 3.47. The number of nitro groups is 1. The molecule has 0 saturated carbocycles. The van der Waals surface area contributed by atoms with Gasteiger partial charge in [0.25, 0.3) is 17.5 Å². The molecule has 0 aromatic heterocycles. The summed E-state index contributed by atoms with van der Waals surface area (Å²) >= 11 is 0. The number of ether oxygens (including phenoxy) is 1. The van der Waals surface area contributed by atoms with E-state index < -0.39 is 10.8 Å². The van der Waals surface area contributed by atoms with Crippen LogP contribution in [0.2, 0.25) is 0 Å². The first-order chi connectivity index (χ1) is 12.3. The van der Waals surface area contributed by atoms with Gasteiger partial charge in [-0.25, -0.2) is 0 Å². The van der Waals surface area contributed by atoms with Gasteiger partial charge in [-0.15, -0.1) is 0 Å². The SMILES string of the molecule is COc1ccc([N+](=O)[O-])c(C(=O)Nc2ccc(C(=O)NC(C)C)cc2)c1. The normalized spacial score (nSPS) is 10.3. The molecule has 0 unspecified atom stereocenters. The standard InChI is InChI=1S/C18H19N3O5/c1-11(2)19-17(22)12-4-6-13(7-5-12)20-18(23)15-10-14(26-3)8-9-16(15)21(24)25/h4-11H,1-3H3,(H,19,22)(H,20,23). The van der Waals surface area contributed by atoms with Crippen LogP contribution in [-0.2, 0) is 0 Å². The van der Waals surface area contributed by atoms with Crippen molar-refractivity contribution in [2.45, 2.75) is 19.9 Å². The first kappa shape index (κ1) is 18.9. The summed E-state index contributed by atoms with van der Waals surface area (Å²) in [6, 6.07) is 10.2. The molecule has 8 heteroatoms. The van der Waals surface area contributed by atoms with Crippen LogP contribution in [0.1, 0.15) is 34.6 Å². The Kier molecular flexibility index (Phi) is 5.90. The number of carbonyl (C=O) groups is 2. The van der Waals surface area contributed by atoms with Gasteiger partial charge < -0.3 is 15.4 Å². The number of nitrogens with one attached hydrogen (secondary N) is 2. The number of amides is 2. The highest BCUT2D eigenvalue weighted by atomic mass is 16.6. The van der Waals surface area contributed by atoms with Gasteiger partial charge >= 0.3 is 0 Å². The molecule has 0 aliphatic heterocycles. The molecule has 2 rings (SSSR count). The summed E-state index contributed by atoms with van der Waals surface area (Å²) in [6.45, 7) is 3.71. The monoisotopic (exact) mass is 357 g/mol. The Bertz CT molecular complexity index is 831. The Morgan fingerprint density at radius 2 is 1.73 bits per heavy atom. The average molecular weight is 357 g/mol. The molecular formula is C18H19N3O5. The third-order valence-corrected chi connectivity index (χ3v) is 3.47. The van der Waals surface area contributed by atoms with Crippen LogP contribution in [0.15, 0.2) is 42.5 Å².